The lowest BCUT2D eigenvalue weighted by atomic mass is 10.2. The first-order chi connectivity index (χ1) is 14.0. The van der Waals surface area contributed by atoms with Gasteiger partial charge in [0.25, 0.3) is 0 Å². The van der Waals surface area contributed by atoms with Crippen molar-refractivity contribution >= 4 is 29.1 Å². The van der Waals surface area contributed by atoms with Gasteiger partial charge in [0.2, 0.25) is 0 Å². The molecule has 1 aliphatic heterocycles. The van der Waals surface area contributed by atoms with E-state index in [4.69, 9.17) is 4.74 Å². The van der Waals surface area contributed by atoms with Crippen LogP contribution in [0.5, 0.6) is 0 Å². The highest BCUT2D eigenvalue weighted by Gasteiger charge is 2.21. The summed E-state index contributed by atoms with van der Waals surface area (Å²) in [6.45, 7) is 4.99. The van der Waals surface area contributed by atoms with Gasteiger partial charge in [-0.2, -0.15) is 0 Å². The van der Waals surface area contributed by atoms with Gasteiger partial charge < -0.3 is 24.8 Å². The van der Waals surface area contributed by atoms with Crippen LogP contribution in [0.2, 0.25) is 0 Å². The number of anilines is 3. The highest BCUT2D eigenvalue weighted by molar-refractivity contribution is 5.92. The molecule has 0 aromatic heterocycles. The van der Waals surface area contributed by atoms with Crippen LogP contribution in [0.3, 0.4) is 0 Å². The van der Waals surface area contributed by atoms with E-state index in [2.05, 4.69) is 39.4 Å². The van der Waals surface area contributed by atoms with Crippen LogP contribution in [0.1, 0.15) is 17.3 Å². The van der Waals surface area contributed by atoms with Crippen molar-refractivity contribution < 1.29 is 14.3 Å². The maximum Gasteiger partial charge on any atom is 0.338 e. The molecule has 154 valence electrons. The normalized spacial score (nSPS) is 13.8. The number of hydrogen-bond donors (Lipinski definition) is 1. The van der Waals surface area contributed by atoms with Crippen molar-refractivity contribution in [2.24, 2.45) is 0 Å². The van der Waals surface area contributed by atoms with Crippen molar-refractivity contribution in [1.82, 2.24) is 4.90 Å². The van der Waals surface area contributed by atoms with Gasteiger partial charge in [-0.05, 0) is 55.5 Å². The highest BCUT2D eigenvalue weighted by Crippen LogP contribution is 2.21. The van der Waals surface area contributed by atoms with Crippen LogP contribution in [0.4, 0.5) is 21.9 Å². The summed E-state index contributed by atoms with van der Waals surface area (Å²) in [7, 11) is 4.05. The number of hydrogen-bond acceptors (Lipinski definition) is 5. The van der Waals surface area contributed by atoms with Gasteiger partial charge >= 0.3 is 12.0 Å². The van der Waals surface area contributed by atoms with E-state index in [0.717, 1.165) is 13.1 Å². The Morgan fingerprint density at radius 2 is 1.59 bits per heavy atom. The Morgan fingerprint density at radius 1 is 0.966 bits per heavy atom. The van der Waals surface area contributed by atoms with Gasteiger partial charge in [0.1, 0.15) is 0 Å². The quantitative estimate of drug-likeness (QED) is 0.786. The van der Waals surface area contributed by atoms with Crippen molar-refractivity contribution in [2.75, 3.05) is 62.0 Å². The number of benzene rings is 2. The maximum absolute atomic E-state index is 12.6. The van der Waals surface area contributed by atoms with E-state index in [1.54, 1.807) is 31.2 Å². The van der Waals surface area contributed by atoms with Gasteiger partial charge in [0.15, 0.2) is 0 Å². The molecule has 7 nitrogen and oxygen atoms in total. The molecule has 1 fully saturated rings. The molecule has 0 atom stereocenters. The number of ether oxygens (including phenoxy) is 1. The number of carbonyl (C=O) groups is 2. The van der Waals surface area contributed by atoms with Gasteiger partial charge in [-0.25, -0.2) is 9.59 Å². The van der Waals surface area contributed by atoms with E-state index in [1.807, 2.05) is 19.0 Å². The summed E-state index contributed by atoms with van der Waals surface area (Å²) in [5, 5.41) is 2.90. The van der Waals surface area contributed by atoms with E-state index >= 15 is 0 Å². The molecule has 1 saturated heterocycles. The minimum atomic E-state index is -0.361. The Labute approximate surface area is 171 Å². The van der Waals surface area contributed by atoms with Crippen molar-refractivity contribution in [1.29, 1.82) is 0 Å². The van der Waals surface area contributed by atoms with Crippen LogP contribution in [0, 0.1) is 0 Å². The van der Waals surface area contributed by atoms with Crippen LogP contribution in [-0.2, 0) is 4.74 Å². The third-order valence-electron chi connectivity index (χ3n) is 4.95. The topological polar surface area (TPSA) is 65.1 Å². The smallest absolute Gasteiger partial charge is 0.338 e. The third-order valence-corrected chi connectivity index (χ3v) is 4.95. The standard InChI is InChI=1S/C22H28N4O3/c1-4-29-21(27)17-5-7-18(8-6-17)23-22(28)26-15-13-25(14-16-26)20-11-9-19(10-12-20)24(2)3/h5-12H,4,13-16H2,1-3H3,(H,23,28). The average molecular weight is 396 g/mol. The fourth-order valence-corrected chi connectivity index (χ4v) is 3.24. The molecule has 1 heterocycles. The maximum atomic E-state index is 12.6. The molecule has 3 rings (SSSR count). The molecule has 7 heteroatoms. The summed E-state index contributed by atoms with van der Waals surface area (Å²) in [6, 6.07) is 15.1. The summed E-state index contributed by atoms with van der Waals surface area (Å²) in [5.74, 6) is -0.361. The zero-order valence-corrected chi connectivity index (χ0v) is 17.2. The molecule has 1 N–H and O–H groups in total. The van der Waals surface area contributed by atoms with Gasteiger partial charge in [-0.15, -0.1) is 0 Å². The average Bonchev–Trinajstić information content (AvgIpc) is 2.74. The lowest BCUT2D eigenvalue weighted by molar-refractivity contribution is 0.0526. The molecule has 2 aromatic carbocycles. The number of amides is 2. The van der Waals surface area contributed by atoms with Gasteiger partial charge in [0, 0.05) is 57.3 Å². The number of esters is 1. The van der Waals surface area contributed by atoms with Crippen molar-refractivity contribution in [3.8, 4) is 0 Å². The van der Waals surface area contributed by atoms with Crippen LogP contribution in [0.15, 0.2) is 48.5 Å². The number of nitrogens with one attached hydrogen (secondary N) is 1. The molecule has 0 radical (unpaired) electrons. The number of nitrogens with zero attached hydrogens (tertiary/aromatic N) is 3. The number of piperazine rings is 1. The molecule has 0 bridgehead atoms. The molecule has 0 unspecified atom stereocenters. The number of urea groups is 1. The van der Waals surface area contributed by atoms with Gasteiger partial charge in [0.05, 0.1) is 12.2 Å². The third kappa shape index (κ3) is 5.19. The highest BCUT2D eigenvalue weighted by atomic mass is 16.5. The lowest BCUT2D eigenvalue weighted by Gasteiger charge is -2.36. The predicted molar refractivity (Wildman–Crippen MR) is 116 cm³/mol. The molecule has 2 amide bonds. The number of carbonyl (C=O) groups excluding carboxylic acids is 2. The summed E-state index contributed by atoms with van der Waals surface area (Å²) in [5.41, 5.74) is 3.47. The molecule has 0 saturated carbocycles. The van der Waals surface area contributed by atoms with E-state index < -0.39 is 0 Å². The van der Waals surface area contributed by atoms with Crippen LogP contribution in [0.25, 0.3) is 0 Å². The Bertz CT molecular complexity index is 826. The second-order valence-corrected chi connectivity index (χ2v) is 7.11. The monoisotopic (exact) mass is 396 g/mol. The summed E-state index contributed by atoms with van der Waals surface area (Å²) in [4.78, 5) is 30.4. The Morgan fingerprint density at radius 3 is 2.14 bits per heavy atom. The van der Waals surface area contributed by atoms with Crippen LogP contribution < -0.4 is 15.1 Å². The minimum absolute atomic E-state index is 0.128. The summed E-state index contributed by atoms with van der Waals surface area (Å²) >= 11 is 0. The van der Waals surface area contributed by atoms with E-state index in [9.17, 15) is 9.59 Å². The van der Waals surface area contributed by atoms with Gasteiger partial charge in [-0.3, -0.25) is 0 Å². The van der Waals surface area contributed by atoms with Crippen LogP contribution in [-0.4, -0.2) is 63.8 Å². The summed E-state index contributed by atoms with van der Waals surface area (Å²) < 4.78 is 4.97. The molecular weight excluding hydrogens is 368 g/mol. The predicted octanol–water partition coefficient (Wildman–Crippen LogP) is 3.28. The minimum Gasteiger partial charge on any atom is -0.462 e. The van der Waals surface area contributed by atoms with Gasteiger partial charge in [-0.1, -0.05) is 0 Å². The zero-order valence-electron chi connectivity index (χ0n) is 17.2. The van der Waals surface area contributed by atoms with E-state index in [-0.39, 0.29) is 12.0 Å². The molecule has 0 spiro atoms. The van der Waals surface area contributed by atoms with E-state index in [1.165, 1.54) is 11.4 Å². The first-order valence-corrected chi connectivity index (χ1v) is 9.83. The van der Waals surface area contributed by atoms with Crippen molar-refractivity contribution in [3.05, 3.63) is 54.1 Å². The Kier molecular flexibility index (Phi) is 6.59. The van der Waals surface area contributed by atoms with Crippen LogP contribution >= 0.6 is 0 Å². The molecule has 0 aliphatic carbocycles. The number of rotatable bonds is 5. The fraction of sp³-hybridized carbons (Fsp3) is 0.364. The largest absolute Gasteiger partial charge is 0.462 e. The Balaban J connectivity index is 1.51. The zero-order chi connectivity index (χ0) is 20.8. The van der Waals surface area contributed by atoms with Crippen molar-refractivity contribution in [2.45, 2.75) is 6.92 Å². The molecule has 2 aromatic rings. The first-order valence-electron chi connectivity index (χ1n) is 9.83. The Hall–Kier alpha value is -3.22. The molecule has 1 aliphatic rings. The van der Waals surface area contributed by atoms with E-state index in [0.29, 0.717) is 30.9 Å². The lowest BCUT2D eigenvalue weighted by Crippen LogP contribution is -2.50. The first kappa shape index (κ1) is 20.5. The fourth-order valence-electron chi connectivity index (χ4n) is 3.24. The second kappa shape index (κ2) is 9.32. The second-order valence-electron chi connectivity index (χ2n) is 7.11. The van der Waals surface area contributed by atoms with Crippen molar-refractivity contribution in [3.63, 3.8) is 0 Å². The SMILES string of the molecule is CCOC(=O)c1ccc(NC(=O)N2CCN(c3ccc(N(C)C)cc3)CC2)cc1. The molecular formula is C22H28N4O3. The molecule has 29 heavy (non-hydrogen) atoms. The summed E-state index contributed by atoms with van der Waals surface area (Å²) in [6.07, 6.45) is 0.